The summed E-state index contributed by atoms with van der Waals surface area (Å²) in [5.41, 5.74) is 1.42. The van der Waals surface area contributed by atoms with Crippen molar-refractivity contribution in [1.29, 1.82) is 0 Å². The monoisotopic (exact) mass is 386 g/mol. The fraction of sp³-hybridized carbons (Fsp3) is 0.350. The van der Waals surface area contributed by atoms with E-state index in [9.17, 15) is 13.6 Å². The molecular formula is C20H20F2N4O2. The van der Waals surface area contributed by atoms with Gasteiger partial charge < -0.3 is 14.0 Å². The van der Waals surface area contributed by atoms with Crippen LogP contribution in [0.15, 0.2) is 45.8 Å². The molecule has 146 valence electrons. The summed E-state index contributed by atoms with van der Waals surface area (Å²) >= 11 is 0. The Hall–Kier alpha value is -3.03. The summed E-state index contributed by atoms with van der Waals surface area (Å²) in [6.07, 6.45) is 4.19. The van der Waals surface area contributed by atoms with Crippen molar-refractivity contribution in [3.05, 3.63) is 64.1 Å². The van der Waals surface area contributed by atoms with E-state index in [0.717, 1.165) is 37.9 Å². The molecule has 1 fully saturated rings. The maximum Gasteiger partial charge on any atom is 0.324 e. The van der Waals surface area contributed by atoms with Crippen molar-refractivity contribution < 1.29 is 13.3 Å². The maximum absolute atomic E-state index is 13.4. The van der Waals surface area contributed by atoms with Crippen molar-refractivity contribution >= 4 is 6.01 Å². The van der Waals surface area contributed by atoms with Crippen LogP contribution in [-0.4, -0.2) is 27.8 Å². The van der Waals surface area contributed by atoms with Crippen molar-refractivity contribution in [1.82, 2.24) is 14.7 Å². The lowest BCUT2D eigenvalue weighted by Gasteiger charge is -2.30. The summed E-state index contributed by atoms with van der Waals surface area (Å²) in [6.45, 7) is 1.51. The zero-order valence-electron chi connectivity index (χ0n) is 15.4. The number of aromatic nitrogens is 3. The average Bonchev–Trinajstić information content (AvgIpc) is 3.18. The van der Waals surface area contributed by atoms with Crippen molar-refractivity contribution in [2.45, 2.75) is 19.3 Å². The van der Waals surface area contributed by atoms with E-state index >= 15 is 0 Å². The van der Waals surface area contributed by atoms with E-state index in [0.29, 0.717) is 23.3 Å². The highest BCUT2D eigenvalue weighted by Gasteiger charge is 2.24. The lowest BCUT2D eigenvalue weighted by Crippen LogP contribution is -2.34. The maximum atomic E-state index is 13.4. The summed E-state index contributed by atoms with van der Waals surface area (Å²) in [5, 5.41) is 4.02. The second-order valence-electron chi connectivity index (χ2n) is 7.15. The largest absolute Gasteiger partial charge is 0.324 e. The van der Waals surface area contributed by atoms with Gasteiger partial charge in [-0.2, -0.15) is 4.98 Å². The van der Waals surface area contributed by atoms with Crippen molar-refractivity contribution in [3.63, 3.8) is 0 Å². The van der Waals surface area contributed by atoms with E-state index < -0.39 is 11.6 Å². The van der Waals surface area contributed by atoms with E-state index in [2.05, 4.69) is 10.1 Å². The van der Waals surface area contributed by atoms with Gasteiger partial charge in [0.05, 0.1) is 0 Å². The third kappa shape index (κ3) is 3.81. The van der Waals surface area contributed by atoms with Crippen LogP contribution in [0.1, 0.15) is 18.4 Å². The first-order valence-corrected chi connectivity index (χ1v) is 9.19. The molecule has 0 radical (unpaired) electrons. The molecule has 1 saturated heterocycles. The van der Waals surface area contributed by atoms with Crippen LogP contribution < -0.4 is 10.5 Å². The highest BCUT2D eigenvalue weighted by atomic mass is 19.2. The Labute approximate surface area is 160 Å². The molecule has 0 atom stereocenters. The Bertz CT molecular complexity index is 1040. The summed E-state index contributed by atoms with van der Waals surface area (Å²) < 4.78 is 33.3. The number of nitrogens with zero attached hydrogens (tertiary/aromatic N) is 4. The Morgan fingerprint density at radius 2 is 1.93 bits per heavy atom. The minimum atomic E-state index is -0.816. The van der Waals surface area contributed by atoms with Gasteiger partial charge in [0, 0.05) is 38.0 Å². The van der Waals surface area contributed by atoms with E-state index in [1.165, 1.54) is 22.8 Å². The van der Waals surface area contributed by atoms with Crippen LogP contribution in [0, 0.1) is 17.6 Å². The number of pyridine rings is 1. The summed E-state index contributed by atoms with van der Waals surface area (Å²) in [4.78, 5) is 18.0. The van der Waals surface area contributed by atoms with E-state index in [1.807, 2.05) is 4.90 Å². The van der Waals surface area contributed by atoms with Gasteiger partial charge in [0.15, 0.2) is 11.6 Å². The fourth-order valence-electron chi connectivity index (χ4n) is 3.52. The molecule has 3 aromatic rings. The number of hydrogen-bond donors (Lipinski definition) is 0. The minimum absolute atomic E-state index is 0.101. The Morgan fingerprint density at radius 3 is 2.64 bits per heavy atom. The second-order valence-corrected chi connectivity index (χ2v) is 7.15. The second kappa shape index (κ2) is 7.53. The van der Waals surface area contributed by atoms with Crippen LogP contribution in [0.4, 0.5) is 14.8 Å². The van der Waals surface area contributed by atoms with Crippen LogP contribution in [0.25, 0.3) is 11.4 Å². The van der Waals surface area contributed by atoms with Crippen LogP contribution >= 0.6 is 0 Å². The molecule has 28 heavy (non-hydrogen) atoms. The van der Waals surface area contributed by atoms with Crippen molar-refractivity contribution in [2.24, 2.45) is 13.0 Å². The normalized spacial score (nSPS) is 15.2. The Kier molecular flexibility index (Phi) is 4.93. The van der Waals surface area contributed by atoms with Crippen LogP contribution in [0.2, 0.25) is 0 Å². The topological polar surface area (TPSA) is 64.2 Å². The molecule has 4 rings (SSSR count). The molecule has 1 aliphatic heterocycles. The molecular weight excluding hydrogens is 366 g/mol. The summed E-state index contributed by atoms with van der Waals surface area (Å²) in [6, 6.07) is 7.69. The molecule has 0 saturated carbocycles. The third-order valence-electron chi connectivity index (χ3n) is 5.15. The number of hydrogen-bond acceptors (Lipinski definition) is 5. The van der Waals surface area contributed by atoms with E-state index in [4.69, 9.17) is 4.52 Å². The van der Waals surface area contributed by atoms with Crippen LogP contribution in [0.3, 0.4) is 0 Å². The van der Waals surface area contributed by atoms with Gasteiger partial charge >= 0.3 is 6.01 Å². The van der Waals surface area contributed by atoms with Crippen LogP contribution in [0.5, 0.6) is 0 Å². The number of rotatable bonds is 4. The predicted octanol–water partition coefficient (Wildman–Crippen LogP) is 3.17. The summed E-state index contributed by atoms with van der Waals surface area (Å²) in [5.74, 6) is -0.780. The molecule has 0 unspecified atom stereocenters. The van der Waals surface area contributed by atoms with Gasteiger partial charge in [-0.3, -0.25) is 4.79 Å². The number of halogens is 2. The smallest absolute Gasteiger partial charge is 0.324 e. The number of benzene rings is 1. The highest BCUT2D eigenvalue weighted by Crippen LogP contribution is 2.26. The van der Waals surface area contributed by atoms with Crippen molar-refractivity contribution in [2.75, 3.05) is 18.0 Å². The predicted molar refractivity (Wildman–Crippen MR) is 100.0 cm³/mol. The lowest BCUT2D eigenvalue weighted by molar-refractivity contribution is 0.362. The number of piperidine rings is 1. The summed E-state index contributed by atoms with van der Waals surface area (Å²) in [7, 11) is 1.67. The first-order valence-electron chi connectivity index (χ1n) is 9.19. The van der Waals surface area contributed by atoms with Gasteiger partial charge in [-0.05, 0) is 48.9 Å². The highest BCUT2D eigenvalue weighted by molar-refractivity contribution is 5.54. The van der Waals surface area contributed by atoms with Gasteiger partial charge in [0.2, 0.25) is 11.4 Å². The zero-order valence-corrected chi connectivity index (χ0v) is 15.4. The standard InChI is InChI=1S/C20H20F2N4O2/c1-25-12-15(3-5-18(25)27)19-23-20(28-24-19)26-8-6-13(7-9-26)10-14-2-4-16(21)17(22)11-14/h2-5,11-13H,6-10H2,1H3. The molecule has 0 spiro atoms. The molecule has 0 bridgehead atoms. The molecule has 1 aliphatic rings. The molecule has 1 aromatic carbocycles. The van der Waals surface area contributed by atoms with E-state index in [-0.39, 0.29) is 5.56 Å². The van der Waals surface area contributed by atoms with Gasteiger partial charge in [0.25, 0.3) is 0 Å². The molecule has 2 aromatic heterocycles. The first-order chi connectivity index (χ1) is 13.5. The Balaban J connectivity index is 1.38. The first kappa shape index (κ1) is 18.3. The molecule has 0 aliphatic carbocycles. The quantitative estimate of drug-likeness (QED) is 0.689. The Morgan fingerprint density at radius 1 is 1.14 bits per heavy atom. The van der Waals surface area contributed by atoms with Gasteiger partial charge in [-0.25, -0.2) is 8.78 Å². The van der Waals surface area contributed by atoms with Gasteiger partial charge in [0.1, 0.15) is 0 Å². The number of aryl methyl sites for hydroxylation is 1. The molecule has 8 heteroatoms. The minimum Gasteiger partial charge on any atom is -0.324 e. The fourth-order valence-corrected chi connectivity index (χ4v) is 3.52. The zero-order chi connectivity index (χ0) is 19.7. The molecule has 0 N–H and O–H groups in total. The molecule has 3 heterocycles. The van der Waals surface area contributed by atoms with Gasteiger partial charge in [-0.15, -0.1) is 0 Å². The SMILES string of the molecule is Cn1cc(-c2noc(N3CCC(Cc4ccc(F)c(F)c4)CC3)n2)ccc1=O. The molecule has 0 amide bonds. The van der Waals surface area contributed by atoms with Crippen molar-refractivity contribution in [3.8, 4) is 11.4 Å². The third-order valence-corrected chi connectivity index (χ3v) is 5.15. The van der Waals surface area contributed by atoms with E-state index in [1.54, 1.807) is 25.4 Å². The molecule has 6 nitrogen and oxygen atoms in total. The lowest BCUT2D eigenvalue weighted by atomic mass is 9.90. The van der Waals surface area contributed by atoms with Gasteiger partial charge in [-0.1, -0.05) is 11.2 Å². The number of anilines is 1. The van der Waals surface area contributed by atoms with Crippen LogP contribution in [-0.2, 0) is 13.5 Å². The average molecular weight is 386 g/mol.